The number of nitrogens with one attached hydrogen (secondary N) is 2. The van der Waals surface area contributed by atoms with Crippen LogP contribution in [0.1, 0.15) is 26.2 Å². The maximum absolute atomic E-state index is 12.7. The Hall–Kier alpha value is -3.22. The molecule has 2 atom stereocenters. The molecule has 0 radical (unpaired) electrons. The van der Waals surface area contributed by atoms with Crippen LogP contribution in [0.4, 0.5) is 16.2 Å². The Bertz CT molecular complexity index is 886. The summed E-state index contributed by atoms with van der Waals surface area (Å²) >= 11 is 0. The summed E-state index contributed by atoms with van der Waals surface area (Å²) in [4.78, 5) is 27.0. The number of ether oxygens (including phenoxy) is 1. The molecule has 3 rings (SSSR count). The number of rotatable bonds is 6. The van der Waals surface area contributed by atoms with Gasteiger partial charge in [-0.25, -0.2) is 4.79 Å². The van der Waals surface area contributed by atoms with E-state index in [1.54, 1.807) is 31.4 Å². The lowest BCUT2D eigenvalue weighted by atomic mass is 9.81. The number of methoxy groups -OCH3 is 1. The number of carbonyl (C=O) groups excluding carboxylic acids is 2. The zero-order valence-corrected chi connectivity index (χ0v) is 17.4. The fourth-order valence-corrected chi connectivity index (χ4v) is 3.93. The third-order valence-electron chi connectivity index (χ3n) is 5.60. The van der Waals surface area contributed by atoms with Crippen LogP contribution in [0.5, 0.6) is 11.5 Å². The van der Waals surface area contributed by atoms with Crippen molar-refractivity contribution < 1.29 is 19.4 Å². The molecule has 2 aromatic rings. The molecule has 1 aliphatic heterocycles. The van der Waals surface area contributed by atoms with Crippen molar-refractivity contribution in [2.75, 3.05) is 30.8 Å². The first-order chi connectivity index (χ1) is 14.5. The average molecular weight is 412 g/mol. The second-order valence-electron chi connectivity index (χ2n) is 7.63. The van der Waals surface area contributed by atoms with Crippen molar-refractivity contribution in [1.29, 1.82) is 0 Å². The average Bonchev–Trinajstić information content (AvgIpc) is 2.74. The summed E-state index contributed by atoms with van der Waals surface area (Å²) in [6, 6.07) is 13.7. The van der Waals surface area contributed by atoms with Gasteiger partial charge in [0.2, 0.25) is 5.91 Å². The van der Waals surface area contributed by atoms with Crippen molar-refractivity contribution in [2.24, 2.45) is 11.8 Å². The van der Waals surface area contributed by atoms with Crippen molar-refractivity contribution in [3.8, 4) is 11.5 Å². The van der Waals surface area contributed by atoms with Crippen LogP contribution in [0, 0.1) is 11.8 Å². The number of amides is 3. The number of hydrogen-bond acceptors (Lipinski definition) is 4. The number of aromatic hydroxyl groups is 1. The minimum atomic E-state index is -0.135. The van der Waals surface area contributed by atoms with Gasteiger partial charge in [-0.05, 0) is 42.5 Å². The monoisotopic (exact) mass is 411 g/mol. The van der Waals surface area contributed by atoms with Crippen molar-refractivity contribution in [3.05, 3.63) is 48.5 Å². The van der Waals surface area contributed by atoms with E-state index >= 15 is 0 Å². The zero-order valence-electron chi connectivity index (χ0n) is 17.4. The minimum Gasteiger partial charge on any atom is -0.508 e. The van der Waals surface area contributed by atoms with E-state index in [2.05, 4.69) is 17.6 Å². The first-order valence-electron chi connectivity index (χ1n) is 10.3. The largest absolute Gasteiger partial charge is 0.508 e. The number of likely N-dealkylation sites (tertiary alicyclic amines) is 1. The Labute approximate surface area is 177 Å². The molecule has 0 unspecified atom stereocenters. The summed E-state index contributed by atoms with van der Waals surface area (Å²) in [7, 11) is 1.59. The molecule has 7 heteroatoms. The number of hydrogen-bond donors (Lipinski definition) is 3. The maximum atomic E-state index is 12.7. The predicted molar refractivity (Wildman–Crippen MR) is 117 cm³/mol. The molecular weight excluding hydrogens is 382 g/mol. The quantitative estimate of drug-likeness (QED) is 0.661. The summed E-state index contributed by atoms with van der Waals surface area (Å²) in [5.41, 5.74) is 1.28. The van der Waals surface area contributed by atoms with Gasteiger partial charge < -0.3 is 25.4 Å². The molecule has 3 amide bonds. The summed E-state index contributed by atoms with van der Waals surface area (Å²) in [5, 5.41) is 15.3. The molecule has 0 spiro atoms. The fourth-order valence-electron chi connectivity index (χ4n) is 3.93. The number of piperidine rings is 1. The lowest BCUT2D eigenvalue weighted by Crippen LogP contribution is -2.46. The summed E-state index contributed by atoms with van der Waals surface area (Å²) < 4.78 is 5.20. The highest BCUT2D eigenvalue weighted by molar-refractivity contribution is 5.91. The third kappa shape index (κ3) is 5.65. The van der Waals surface area contributed by atoms with Crippen LogP contribution in [0.25, 0.3) is 0 Å². The van der Waals surface area contributed by atoms with E-state index in [1.165, 1.54) is 6.07 Å². The molecular formula is C23H29N3O4. The van der Waals surface area contributed by atoms with Crippen molar-refractivity contribution in [2.45, 2.75) is 26.2 Å². The Morgan fingerprint density at radius 2 is 1.83 bits per heavy atom. The second-order valence-corrected chi connectivity index (χ2v) is 7.63. The van der Waals surface area contributed by atoms with E-state index in [9.17, 15) is 14.7 Å². The summed E-state index contributed by atoms with van der Waals surface area (Å²) in [6.45, 7) is 3.32. The molecule has 7 nitrogen and oxygen atoms in total. The molecule has 3 N–H and O–H groups in total. The van der Waals surface area contributed by atoms with Crippen LogP contribution in [0.3, 0.4) is 0 Å². The van der Waals surface area contributed by atoms with Gasteiger partial charge in [0, 0.05) is 43.0 Å². The molecule has 2 aromatic carbocycles. The number of phenolic OH excluding ortho intramolecular Hbond substituents is 1. The number of anilines is 2. The Balaban J connectivity index is 1.54. The molecule has 1 saturated heterocycles. The normalized spacial score (nSPS) is 18.5. The highest BCUT2D eigenvalue weighted by atomic mass is 16.5. The number of nitrogens with zero attached hydrogens (tertiary/aromatic N) is 1. The van der Waals surface area contributed by atoms with Crippen LogP contribution in [-0.4, -0.2) is 42.1 Å². The van der Waals surface area contributed by atoms with E-state index in [-0.39, 0.29) is 29.5 Å². The van der Waals surface area contributed by atoms with Gasteiger partial charge in [-0.3, -0.25) is 4.79 Å². The van der Waals surface area contributed by atoms with E-state index < -0.39 is 0 Å². The van der Waals surface area contributed by atoms with Gasteiger partial charge in [0.25, 0.3) is 0 Å². The van der Waals surface area contributed by atoms with E-state index in [1.807, 2.05) is 23.1 Å². The van der Waals surface area contributed by atoms with E-state index in [0.29, 0.717) is 36.6 Å². The third-order valence-corrected chi connectivity index (χ3v) is 5.60. The first-order valence-corrected chi connectivity index (χ1v) is 10.3. The lowest BCUT2D eigenvalue weighted by molar-refractivity contribution is -0.117. The Morgan fingerprint density at radius 1 is 1.10 bits per heavy atom. The van der Waals surface area contributed by atoms with Crippen LogP contribution >= 0.6 is 0 Å². The highest BCUT2D eigenvalue weighted by Gasteiger charge is 2.31. The minimum absolute atomic E-state index is 0.0710. The van der Waals surface area contributed by atoms with Crippen LogP contribution in [-0.2, 0) is 4.79 Å². The van der Waals surface area contributed by atoms with Gasteiger partial charge in [-0.2, -0.15) is 0 Å². The molecule has 1 fully saturated rings. The highest BCUT2D eigenvalue weighted by Crippen LogP contribution is 2.30. The fraction of sp³-hybridized carbons (Fsp3) is 0.391. The Morgan fingerprint density at radius 3 is 2.53 bits per heavy atom. The maximum Gasteiger partial charge on any atom is 0.321 e. The van der Waals surface area contributed by atoms with E-state index in [4.69, 9.17) is 4.74 Å². The van der Waals surface area contributed by atoms with E-state index in [0.717, 1.165) is 12.8 Å². The van der Waals surface area contributed by atoms with Crippen molar-refractivity contribution >= 4 is 23.3 Å². The van der Waals surface area contributed by atoms with Gasteiger partial charge in [0.1, 0.15) is 11.5 Å². The number of urea groups is 1. The molecule has 0 bridgehead atoms. The summed E-state index contributed by atoms with van der Waals surface area (Å²) in [6.07, 6.45) is 2.07. The predicted octanol–water partition coefficient (Wildman–Crippen LogP) is 4.31. The van der Waals surface area contributed by atoms with Gasteiger partial charge in [-0.1, -0.05) is 25.5 Å². The van der Waals surface area contributed by atoms with Gasteiger partial charge in [-0.15, -0.1) is 0 Å². The molecule has 160 valence electrons. The molecule has 0 aliphatic carbocycles. The number of carbonyl (C=O) groups is 2. The molecule has 1 aliphatic rings. The van der Waals surface area contributed by atoms with Crippen LogP contribution < -0.4 is 15.4 Å². The second kappa shape index (κ2) is 10.0. The first kappa shape index (κ1) is 21.5. The Kier molecular flexibility index (Phi) is 7.17. The number of phenols is 1. The topological polar surface area (TPSA) is 90.9 Å². The molecule has 0 aromatic heterocycles. The van der Waals surface area contributed by atoms with Gasteiger partial charge in [0.15, 0.2) is 0 Å². The molecule has 0 saturated carbocycles. The number of benzene rings is 2. The van der Waals surface area contributed by atoms with Gasteiger partial charge >= 0.3 is 6.03 Å². The van der Waals surface area contributed by atoms with Crippen LogP contribution in [0.2, 0.25) is 0 Å². The smallest absolute Gasteiger partial charge is 0.321 e. The van der Waals surface area contributed by atoms with Crippen molar-refractivity contribution in [3.63, 3.8) is 0 Å². The SMILES string of the molecule is CC[C@H]1CN(C(=O)Nc2cccc(OC)c2)CC[C@H]1CC(=O)Nc1cccc(O)c1. The zero-order chi connectivity index (χ0) is 21.5. The van der Waals surface area contributed by atoms with Crippen molar-refractivity contribution in [1.82, 2.24) is 4.90 Å². The van der Waals surface area contributed by atoms with Gasteiger partial charge in [0.05, 0.1) is 7.11 Å². The standard InChI is InChI=1S/C23H29N3O4/c1-3-16-15-26(23(29)25-19-7-5-9-21(14-19)30-2)11-10-17(16)12-22(28)24-18-6-4-8-20(27)13-18/h4-9,13-14,16-17,27H,3,10-12,15H2,1-2H3,(H,24,28)(H,25,29)/t16-,17-/m0/s1. The molecule has 1 heterocycles. The lowest BCUT2D eigenvalue weighted by Gasteiger charge is -2.38. The van der Waals surface area contributed by atoms with Crippen LogP contribution in [0.15, 0.2) is 48.5 Å². The molecule has 30 heavy (non-hydrogen) atoms. The summed E-state index contributed by atoms with van der Waals surface area (Å²) in [5.74, 6) is 1.21.